The fourth-order valence-corrected chi connectivity index (χ4v) is 2.34. The van der Waals surface area contributed by atoms with Crippen molar-refractivity contribution in [3.8, 4) is 0 Å². The van der Waals surface area contributed by atoms with Crippen molar-refractivity contribution in [1.82, 2.24) is 5.16 Å². The molecule has 1 aromatic carbocycles. The maximum Gasteiger partial charge on any atom is 0.418 e. The molecule has 0 fully saturated rings. The van der Waals surface area contributed by atoms with E-state index in [1.54, 1.807) is 13.8 Å². The third-order valence-corrected chi connectivity index (χ3v) is 3.58. The van der Waals surface area contributed by atoms with Gasteiger partial charge in [0, 0.05) is 17.0 Å². The van der Waals surface area contributed by atoms with Gasteiger partial charge in [-0.1, -0.05) is 16.8 Å². The van der Waals surface area contributed by atoms with Crippen LogP contribution >= 0.6 is 11.6 Å². The predicted octanol–water partition coefficient (Wildman–Crippen LogP) is 4.53. The van der Waals surface area contributed by atoms with E-state index >= 15 is 0 Å². The lowest BCUT2D eigenvalue weighted by molar-refractivity contribution is -0.137. The molecule has 0 radical (unpaired) electrons. The third-order valence-electron chi connectivity index (χ3n) is 3.34. The monoisotopic (exact) mass is 346 g/mol. The van der Waals surface area contributed by atoms with E-state index in [4.69, 9.17) is 16.1 Å². The van der Waals surface area contributed by atoms with Crippen molar-refractivity contribution in [1.29, 1.82) is 0 Å². The van der Waals surface area contributed by atoms with Gasteiger partial charge in [0.2, 0.25) is 5.91 Å². The summed E-state index contributed by atoms with van der Waals surface area (Å²) >= 11 is 5.59. The average molecular weight is 347 g/mol. The van der Waals surface area contributed by atoms with Gasteiger partial charge in [0.1, 0.15) is 5.76 Å². The second-order valence-electron chi connectivity index (χ2n) is 5.04. The first-order chi connectivity index (χ1) is 10.7. The van der Waals surface area contributed by atoms with Gasteiger partial charge in [0.05, 0.1) is 16.9 Å². The zero-order valence-electron chi connectivity index (χ0n) is 12.4. The summed E-state index contributed by atoms with van der Waals surface area (Å²) in [4.78, 5) is 11.9. The maximum atomic E-state index is 13.0. The molecule has 8 heteroatoms. The Morgan fingerprint density at radius 3 is 2.61 bits per heavy atom. The highest BCUT2D eigenvalue weighted by molar-refractivity contribution is 6.30. The number of amides is 1. The number of halogens is 4. The third kappa shape index (κ3) is 4.25. The molecule has 0 unspecified atom stereocenters. The number of carbonyl (C=O) groups excluding carboxylic acids is 1. The average Bonchev–Trinajstić information content (AvgIpc) is 2.77. The molecule has 2 aromatic rings. The normalized spacial score (nSPS) is 11.6. The van der Waals surface area contributed by atoms with Crippen LogP contribution in [0.25, 0.3) is 0 Å². The zero-order chi connectivity index (χ0) is 17.2. The summed E-state index contributed by atoms with van der Waals surface area (Å²) in [5.74, 6) is 0.0654. The van der Waals surface area contributed by atoms with Gasteiger partial charge in [0.25, 0.3) is 0 Å². The minimum absolute atomic E-state index is 0.0167. The molecule has 0 aliphatic carbocycles. The van der Waals surface area contributed by atoms with Gasteiger partial charge < -0.3 is 9.84 Å². The van der Waals surface area contributed by atoms with E-state index in [1.807, 2.05) is 0 Å². The first-order valence-electron chi connectivity index (χ1n) is 6.77. The van der Waals surface area contributed by atoms with Gasteiger partial charge in [0.15, 0.2) is 0 Å². The van der Waals surface area contributed by atoms with Crippen LogP contribution in [0, 0.1) is 13.8 Å². The Labute approximate surface area is 135 Å². The summed E-state index contributed by atoms with van der Waals surface area (Å²) in [7, 11) is 0. The molecule has 1 amide bonds. The molecular formula is C15H14ClF3N2O2. The van der Waals surface area contributed by atoms with E-state index in [0.29, 0.717) is 17.9 Å². The molecule has 23 heavy (non-hydrogen) atoms. The van der Waals surface area contributed by atoms with Crippen molar-refractivity contribution >= 4 is 23.2 Å². The van der Waals surface area contributed by atoms with Gasteiger partial charge >= 0.3 is 6.18 Å². The van der Waals surface area contributed by atoms with Crippen molar-refractivity contribution in [3.05, 3.63) is 45.8 Å². The van der Waals surface area contributed by atoms with Crippen molar-refractivity contribution in [2.24, 2.45) is 0 Å². The lowest BCUT2D eigenvalue weighted by Crippen LogP contribution is -2.17. The molecule has 0 saturated heterocycles. The van der Waals surface area contributed by atoms with Crippen LogP contribution in [0.2, 0.25) is 5.02 Å². The van der Waals surface area contributed by atoms with E-state index in [9.17, 15) is 18.0 Å². The van der Waals surface area contributed by atoms with Crippen LogP contribution in [0.3, 0.4) is 0 Å². The highest BCUT2D eigenvalue weighted by Gasteiger charge is 2.34. The highest BCUT2D eigenvalue weighted by atomic mass is 35.5. The quantitative estimate of drug-likeness (QED) is 0.884. The molecule has 4 nitrogen and oxygen atoms in total. The van der Waals surface area contributed by atoms with Crippen LogP contribution in [0.5, 0.6) is 0 Å². The molecule has 1 aromatic heterocycles. The van der Waals surface area contributed by atoms with Crippen LogP contribution in [0.4, 0.5) is 18.9 Å². The Morgan fingerprint density at radius 1 is 1.35 bits per heavy atom. The lowest BCUT2D eigenvalue weighted by atomic mass is 10.1. The fourth-order valence-electron chi connectivity index (χ4n) is 2.17. The van der Waals surface area contributed by atoms with Crippen LogP contribution in [0.1, 0.15) is 29.0 Å². The van der Waals surface area contributed by atoms with Crippen molar-refractivity contribution in [3.63, 3.8) is 0 Å². The number of nitrogens with one attached hydrogen (secondary N) is 1. The second kappa shape index (κ2) is 6.62. The molecule has 124 valence electrons. The van der Waals surface area contributed by atoms with Gasteiger partial charge in [-0.25, -0.2) is 0 Å². The number of aromatic nitrogens is 1. The maximum absolute atomic E-state index is 13.0. The Balaban J connectivity index is 2.09. The number of hydrogen-bond donors (Lipinski definition) is 1. The topological polar surface area (TPSA) is 55.1 Å². The SMILES string of the molecule is Cc1noc(C)c1CCC(=O)Nc1ccc(Cl)cc1C(F)(F)F. The summed E-state index contributed by atoms with van der Waals surface area (Å²) in [6.45, 7) is 3.46. The standard InChI is InChI=1S/C15H14ClF3N2O2/c1-8-11(9(2)23-21-8)4-6-14(22)20-13-5-3-10(16)7-12(13)15(17,18)19/h3,5,7H,4,6H2,1-2H3,(H,20,22). The Bertz CT molecular complexity index is 706. The van der Waals surface area contributed by atoms with Crippen LogP contribution in [0.15, 0.2) is 22.7 Å². The smallest absolute Gasteiger partial charge is 0.361 e. The van der Waals surface area contributed by atoms with Gasteiger partial charge in [-0.05, 0) is 38.5 Å². The van der Waals surface area contributed by atoms with E-state index in [2.05, 4.69) is 10.5 Å². The zero-order valence-corrected chi connectivity index (χ0v) is 13.2. The minimum atomic E-state index is -4.60. The first kappa shape index (κ1) is 17.3. The molecule has 1 N–H and O–H groups in total. The molecule has 0 saturated carbocycles. The van der Waals surface area contributed by atoms with E-state index < -0.39 is 17.6 Å². The van der Waals surface area contributed by atoms with Crippen molar-refractivity contribution in [2.75, 3.05) is 5.32 Å². The summed E-state index contributed by atoms with van der Waals surface area (Å²) in [5, 5.41) is 5.99. The molecule has 0 bridgehead atoms. The largest absolute Gasteiger partial charge is 0.418 e. The number of rotatable bonds is 4. The number of hydrogen-bond acceptors (Lipinski definition) is 3. The van der Waals surface area contributed by atoms with Crippen LogP contribution in [-0.2, 0) is 17.4 Å². The molecule has 2 rings (SSSR count). The number of benzene rings is 1. The van der Waals surface area contributed by atoms with Crippen LogP contribution in [-0.4, -0.2) is 11.1 Å². The summed E-state index contributed by atoms with van der Waals surface area (Å²) in [5.41, 5.74) is 0.159. The molecule has 0 aliphatic rings. The number of carbonyl (C=O) groups is 1. The number of alkyl halides is 3. The van der Waals surface area contributed by atoms with Gasteiger partial charge in [-0.15, -0.1) is 0 Å². The van der Waals surface area contributed by atoms with Gasteiger partial charge in [-0.3, -0.25) is 4.79 Å². The highest BCUT2D eigenvalue weighted by Crippen LogP contribution is 2.36. The molecule has 1 heterocycles. The van der Waals surface area contributed by atoms with E-state index in [1.165, 1.54) is 6.07 Å². The van der Waals surface area contributed by atoms with E-state index in [-0.39, 0.29) is 17.1 Å². The molecule has 0 aliphatic heterocycles. The Kier molecular flexibility index (Phi) is 4.99. The minimum Gasteiger partial charge on any atom is -0.361 e. The number of anilines is 1. The molecule has 0 atom stereocenters. The summed E-state index contributed by atoms with van der Waals surface area (Å²) in [6, 6.07) is 3.21. The van der Waals surface area contributed by atoms with Crippen LogP contribution < -0.4 is 5.32 Å². The van der Waals surface area contributed by atoms with Gasteiger partial charge in [-0.2, -0.15) is 13.2 Å². The Morgan fingerprint density at radius 2 is 2.04 bits per heavy atom. The number of aryl methyl sites for hydroxylation is 2. The second-order valence-corrected chi connectivity index (χ2v) is 5.48. The Hall–Kier alpha value is -2.02. The van der Waals surface area contributed by atoms with Crippen molar-refractivity contribution < 1.29 is 22.5 Å². The summed E-state index contributed by atoms with van der Waals surface area (Å²) in [6.07, 6.45) is -4.25. The molecule has 0 spiro atoms. The predicted molar refractivity (Wildman–Crippen MR) is 79.4 cm³/mol. The summed E-state index contributed by atoms with van der Waals surface area (Å²) < 4.78 is 43.9. The number of nitrogens with zero attached hydrogens (tertiary/aromatic N) is 1. The molecular weight excluding hydrogens is 333 g/mol. The van der Waals surface area contributed by atoms with Crippen molar-refractivity contribution in [2.45, 2.75) is 32.9 Å². The van der Waals surface area contributed by atoms with E-state index in [0.717, 1.165) is 17.7 Å². The lowest BCUT2D eigenvalue weighted by Gasteiger charge is -2.14. The first-order valence-corrected chi connectivity index (χ1v) is 7.14. The fraction of sp³-hybridized carbons (Fsp3) is 0.333.